The highest BCUT2D eigenvalue weighted by Crippen LogP contribution is 2.25. The van der Waals surface area contributed by atoms with Crippen LogP contribution in [0.2, 0.25) is 0 Å². The molecule has 1 saturated heterocycles. The summed E-state index contributed by atoms with van der Waals surface area (Å²) in [4.78, 5) is 26.7. The summed E-state index contributed by atoms with van der Waals surface area (Å²) in [5.74, 6) is 0.736. The molecule has 142 valence electrons. The fourth-order valence-corrected chi connectivity index (χ4v) is 3.98. The van der Waals surface area contributed by atoms with E-state index < -0.39 is 0 Å². The molecule has 0 unspecified atom stereocenters. The summed E-state index contributed by atoms with van der Waals surface area (Å²) in [6.45, 7) is 2.20. The minimum atomic E-state index is -0.0506. The molecular formula is C21H21N5O2. The highest BCUT2D eigenvalue weighted by atomic mass is 16.2. The van der Waals surface area contributed by atoms with Crippen LogP contribution in [0.25, 0.3) is 5.52 Å². The Hall–Kier alpha value is -3.35. The van der Waals surface area contributed by atoms with Gasteiger partial charge in [0.1, 0.15) is 5.82 Å². The van der Waals surface area contributed by atoms with E-state index in [2.05, 4.69) is 15.7 Å². The van der Waals surface area contributed by atoms with Gasteiger partial charge in [-0.3, -0.25) is 9.59 Å². The third-order valence-corrected chi connectivity index (χ3v) is 5.48. The van der Waals surface area contributed by atoms with E-state index in [-0.39, 0.29) is 11.8 Å². The van der Waals surface area contributed by atoms with Gasteiger partial charge in [0.05, 0.1) is 17.3 Å². The van der Waals surface area contributed by atoms with Crippen LogP contribution in [0.4, 0.5) is 11.5 Å². The second-order valence-electron chi connectivity index (χ2n) is 7.30. The van der Waals surface area contributed by atoms with Crippen molar-refractivity contribution in [3.05, 3.63) is 59.3 Å². The van der Waals surface area contributed by atoms with Gasteiger partial charge in [0.25, 0.3) is 11.8 Å². The van der Waals surface area contributed by atoms with Gasteiger partial charge in [0.2, 0.25) is 0 Å². The molecule has 0 saturated carbocycles. The SMILES string of the molecule is O=C1NCc2ccc(Nc3cccc4c(C(=O)N5CCCCC5)cnn34)cc21. The molecule has 4 heterocycles. The number of nitrogens with one attached hydrogen (secondary N) is 2. The third-order valence-electron chi connectivity index (χ3n) is 5.48. The molecule has 3 aromatic rings. The van der Waals surface area contributed by atoms with Gasteiger partial charge in [0, 0.05) is 30.9 Å². The first kappa shape index (κ1) is 16.8. The summed E-state index contributed by atoms with van der Waals surface area (Å²) >= 11 is 0. The molecule has 5 rings (SSSR count). The topological polar surface area (TPSA) is 78.7 Å². The van der Waals surface area contributed by atoms with E-state index in [4.69, 9.17) is 0 Å². The molecule has 0 atom stereocenters. The number of benzene rings is 1. The molecule has 0 spiro atoms. The molecule has 2 aliphatic rings. The molecule has 0 bridgehead atoms. The number of likely N-dealkylation sites (tertiary alicyclic amines) is 1. The Bertz CT molecular complexity index is 1080. The number of rotatable bonds is 3. The summed E-state index contributed by atoms with van der Waals surface area (Å²) in [6, 6.07) is 11.5. The highest BCUT2D eigenvalue weighted by Gasteiger charge is 2.22. The number of carbonyl (C=O) groups is 2. The molecule has 2 amide bonds. The van der Waals surface area contributed by atoms with Gasteiger partial charge in [-0.1, -0.05) is 12.1 Å². The van der Waals surface area contributed by atoms with Crippen molar-refractivity contribution in [2.75, 3.05) is 18.4 Å². The van der Waals surface area contributed by atoms with E-state index in [0.29, 0.717) is 17.7 Å². The first-order chi connectivity index (χ1) is 13.7. The zero-order valence-corrected chi connectivity index (χ0v) is 15.4. The molecule has 2 N–H and O–H groups in total. The van der Waals surface area contributed by atoms with E-state index in [1.165, 1.54) is 6.42 Å². The van der Waals surface area contributed by atoms with Gasteiger partial charge in [0.15, 0.2) is 0 Å². The van der Waals surface area contributed by atoms with E-state index in [1.807, 2.05) is 41.3 Å². The molecule has 0 aliphatic carbocycles. The Balaban J connectivity index is 1.46. The minimum Gasteiger partial charge on any atom is -0.348 e. The van der Waals surface area contributed by atoms with Crippen molar-refractivity contribution in [3.63, 3.8) is 0 Å². The van der Waals surface area contributed by atoms with Gasteiger partial charge >= 0.3 is 0 Å². The lowest BCUT2D eigenvalue weighted by Gasteiger charge is -2.26. The van der Waals surface area contributed by atoms with Crippen molar-refractivity contribution in [3.8, 4) is 0 Å². The maximum absolute atomic E-state index is 12.9. The van der Waals surface area contributed by atoms with Gasteiger partial charge in [-0.25, -0.2) is 4.52 Å². The van der Waals surface area contributed by atoms with Crippen molar-refractivity contribution in [1.82, 2.24) is 19.8 Å². The number of carbonyl (C=O) groups excluding carboxylic acids is 2. The van der Waals surface area contributed by atoms with Crippen molar-refractivity contribution >= 4 is 28.8 Å². The summed E-state index contributed by atoms with van der Waals surface area (Å²) in [5, 5.41) is 10.6. The van der Waals surface area contributed by atoms with Crippen LogP contribution >= 0.6 is 0 Å². The fraction of sp³-hybridized carbons (Fsp3) is 0.286. The number of fused-ring (bicyclic) bond motifs is 2. The lowest BCUT2D eigenvalue weighted by Crippen LogP contribution is -2.35. The molecule has 2 aromatic heterocycles. The second-order valence-corrected chi connectivity index (χ2v) is 7.30. The van der Waals surface area contributed by atoms with Gasteiger partial charge < -0.3 is 15.5 Å². The van der Waals surface area contributed by atoms with Crippen LogP contribution in [0.1, 0.15) is 45.5 Å². The number of hydrogen-bond acceptors (Lipinski definition) is 4. The van der Waals surface area contributed by atoms with Crippen LogP contribution in [0.15, 0.2) is 42.6 Å². The Morgan fingerprint density at radius 1 is 1.11 bits per heavy atom. The van der Waals surface area contributed by atoms with Crippen LogP contribution in [-0.4, -0.2) is 39.4 Å². The Morgan fingerprint density at radius 3 is 2.82 bits per heavy atom. The first-order valence-corrected chi connectivity index (χ1v) is 9.65. The monoisotopic (exact) mass is 375 g/mol. The molecular weight excluding hydrogens is 354 g/mol. The molecule has 28 heavy (non-hydrogen) atoms. The first-order valence-electron chi connectivity index (χ1n) is 9.65. The average molecular weight is 375 g/mol. The largest absolute Gasteiger partial charge is 0.348 e. The van der Waals surface area contributed by atoms with Crippen LogP contribution in [0.3, 0.4) is 0 Å². The van der Waals surface area contributed by atoms with E-state index in [9.17, 15) is 9.59 Å². The highest BCUT2D eigenvalue weighted by molar-refractivity contribution is 6.01. The molecule has 1 aromatic carbocycles. The van der Waals surface area contributed by atoms with Gasteiger partial charge in [-0.05, 0) is 49.1 Å². The number of amides is 2. The summed E-state index contributed by atoms with van der Waals surface area (Å²) in [7, 11) is 0. The van der Waals surface area contributed by atoms with Crippen LogP contribution in [0.5, 0.6) is 0 Å². The van der Waals surface area contributed by atoms with E-state index in [0.717, 1.165) is 48.5 Å². The Labute approximate surface area is 162 Å². The summed E-state index contributed by atoms with van der Waals surface area (Å²) in [5.41, 5.74) is 3.90. The minimum absolute atomic E-state index is 0.0426. The standard InChI is InChI=1S/C21H21N5O2/c27-20-16-11-15(8-7-14(16)12-22-20)24-19-6-4-5-18-17(13-23-26(18)19)21(28)25-9-2-1-3-10-25/h4-8,11,13,24H,1-3,9-10,12H2,(H,22,27). The van der Waals surface area contributed by atoms with Crippen molar-refractivity contribution in [1.29, 1.82) is 0 Å². The lowest BCUT2D eigenvalue weighted by atomic mass is 10.1. The van der Waals surface area contributed by atoms with E-state index in [1.54, 1.807) is 10.7 Å². The zero-order valence-electron chi connectivity index (χ0n) is 15.4. The summed E-state index contributed by atoms with van der Waals surface area (Å²) < 4.78 is 1.74. The smallest absolute Gasteiger partial charge is 0.257 e. The number of aromatic nitrogens is 2. The molecule has 2 aliphatic heterocycles. The normalized spacial score (nSPS) is 16.1. The number of anilines is 2. The average Bonchev–Trinajstić information content (AvgIpc) is 3.33. The van der Waals surface area contributed by atoms with Crippen LogP contribution < -0.4 is 10.6 Å². The quantitative estimate of drug-likeness (QED) is 0.738. The van der Waals surface area contributed by atoms with Crippen molar-refractivity contribution in [2.45, 2.75) is 25.8 Å². The van der Waals surface area contributed by atoms with E-state index >= 15 is 0 Å². The van der Waals surface area contributed by atoms with Crippen molar-refractivity contribution in [2.24, 2.45) is 0 Å². The predicted octanol–water partition coefficient (Wildman–Crippen LogP) is 2.95. The number of nitrogens with zero attached hydrogens (tertiary/aromatic N) is 3. The Kier molecular flexibility index (Phi) is 4.00. The second kappa shape index (κ2) is 6.67. The summed E-state index contributed by atoms with van der Waals surface area (Å²) in [6.07, 6.45) is 4.95. The maximum Gasteiger partial charge on any atom is 0.257 e. The van der Waals surface area contributed by atoms with Crippen LogP contribution in [0, 0.1) is 0 Å². The molecule has 7 nitrogen and oxygen atoms in total. The molecule has 7 heteroatoms. The molecule has 1 fully saturated rings. The van der Waals surface area contributed by atoms with Crippen LogP contribution in [-0.2, 0) is 6.54 Å². The maximum atomic E-state index is 12.9. The predicted molar refractivity (Wildman–Crippen MR) is 106 cm³/mol. The Morgan fingerprint density at radius 2 is 1.96 bits per heavy atom. The number of pyridine rings is 1. The van der Waals surface area contributed by atoms with Crippen molar-refractivity contribution < 1.29 is 9.59 Å². The fourth-order valence-electron chi connectivity index (χ4n) is 3.98. The zero-order chi connectivity index (χ0) is 19.1. The third kappa shape index (κ3) is 2.79. The number of piperidine rings is 1. The number of hydrogen-bond donors (Lipinski definition) is 2. The van der Waals surface area contributed by atoms with Gasteiger partial charge in [-0.15, -0.1) is 0 Å². The molecule has 0 radical (unpaired) electrons. The van der Waals surface area contributed by atoms with Gasteiger partial charge in [-0.2, -0.15) is 5.10 Å². The lowest BCUT2D eigenvalue weighted by molar-refractivity contribution is 0.0726.